The van der Waals surface area contributed by atoms with Crippen LogP contribution in [-0.4, -0.2) is 34.3 Å². The Labute approximate surface area is 140 Å². The first kappa shape index (κ1) is 21.6. The molecule has 1 N–H and O–H groups in total. The molecule has 0 rings (SSSR count). The second-order valence-corrected chi connectivity index (χ2v) is 6.10. The summed E-state index contributed by atoms with van der Waals surface area (Å²) in [5.74, 6) is -1.83. The number of hydrogen-bond acceptors (Lipinski definition) is 3. The van der Waals surface area contributed by atoms with Crippen molar-refractivity contribution in [3.05, 3.63) is 0 Å². The average molecular weight is 327 g/mol. The predicted molar refractivity (Wildman–Crippen MR) is 91.1 cm³/mol. The first-order valence-corrected chi connectivity index (χ1v) is 9.07. The summed E-state index contributed by atoms with van der Waals surface area (Å²) >= 11 is 0. The molecule has 0 aromatic carbocycles. The number of imide groups is 1. The summed E-state index contributed by atoms with van der Waals surface area (Å²) in [5, 5.41) is 8.92. The Balaban J connectivity index is 4.23. The number of hydrogen-bond donors (Lipinski definition) is 1. The van der Waals surface area contributed by atoms with Gasteiger partial charge in [0, 0.05) is 12.8 Å². The van der Waals surface area contributed by atoms with Gasteiger partial charge in [0.1, 0.15) is 6.54 Å². The summed E-state index contributed by atoms with van der Waals surface area (Å²) in [6.45, 7) is 3.74. The molecule has 0 spiro atoms. The van der Waals surface area contributed by atoms with Gasteiger partial charge in [-0.3, -0.25) is 19.3 Å². The van der Waals surface area contributed by atoms with Gasteiger partial charge in [0.05, 0.1) is 0 Å². The molecule has 23 heavy (non-hydrogen) atoms. The Morgan fingerprint density at radius 3 is 1.43 bits per heavy atom. The molecule has 0 radical (unpaired) electrons. The van der Waals surface area contributed by atoms with Crippen LogP contribution in [0.2, 0.25) is 0 Å². The van der Waals surface area contributed by atoms with Crippen molar-refractivity contribution < 1.29 is 19.5 Å². The molecular weight excluding hydrogens is 294 g/mol. The lowest BCUT2D eigenvalue weighted by Gasteiger charge is -2.19. The highest BCUT2D eigenvalue weighted by molar-refractivity contribution is 5.97. The molecule has 0 bridgehead atoms. The average Bonchev–Trinajstić information content (AvgIpc) is 2.51. The minimum absolute atomic E-state index is 0.262. The van der Waals surface area contributed by atoms with Crippen LogP contribution in [0.1, 0.15) is 90.9 Å². The highest BCUT2D eigenvalue weighted by Crippen LogP contribution is 2.10. The van der Waals surface area contributed by atoms with Crippen molar-refractivity contribution in [2.75, 3.05) is 6.54 Å². The van der Waals surface area contributed by atoms with E-state index in [0.29, 0.717) is 0 Å². The van der Waals surface area contributed by atoms with Crippen molar-refractivity contribution in [1.29, 1.82) is 0 Å². The zero-order chi connectivity index (χ0) is 17.5. The van der Waals surface area contributed by atoms with Crippen LogP contribution in [-0.2, 0) is 14.4 Å². The van der Waals surface area contributed by atoms with E-state index in [9.17, 15) is 14.4 Å². The van der Waals surface area contributed by atoms with Crippen molar-refractivity contribution in [3.8, 4) is 0 Å². The first-order chi connectivity index (χ1) is 11.0. The number of carboxylic acid groups (broad SMARTS) is 1. The third-order valence-corrected chi connectivity index (χ3v) is 3.88. The smallest absolute Gasteiger partial charge is 0.323 e. The van der Waals surface area contributed by atoms with E-state index in [1.54, 1.807) is 0 Å². The number of rotatable bonds is 14. The van der Waals surface area contributed by atoms with E-state index in [1.807, 2.05) is 0 Å². The van der Waals surface area contributed by atoms with E-state index >= 15 is 0 Å². The number of unbranched alkanes of at least 4 members (excludes halogenated alkanes) is 8. The third-order valence-electron chi connectivity index (χ3n) is 3.88. The molecule has 0 aromatic rings. The van der Waals surface area contributed by atoms with Gasteiger partial charge in [-0.15, -0.1) is 0 Å². The lowest BCUT2D eigenvalue weighted by Crippen LogP contribution is -2.40. The molecule has 0 aliphatic heterocycles. The standard InChI is InChI=1S/C18H33NO4/c1-3-5-7-9-11-13-16(20)19(15-18(22)23)17(21)14-12-10-8-6-4-2/h3-15H2,1-2H3,(H,22,23). The molecule has 0 saturated carbocycles. The zero-order valence-corrected chi connectivity index (χ0v) is 14.8. The van der Waals surface area contributed by atoms with Crippen LogP contribution in [0.4, 0.5) is 0 Å². The number of aliphatic carboxylic acids is 1. The maximum atomic E-state index is 12.1. The summed E-state index contributed by atoms with van der Waals surface area (Å²) in [7, 11) is 0. The van der Waals surface area contributed by atoms with Gasteiger partial charge in [0.25, 0.3) is 0 Å². The first-order valence-electron chi connectivity index (χ1n) is 9.07. The van der Waals surface area contributed by atoms with Gasteiger partial charge in [-0.1, -0.05) is 65.2 Å². The maximum absolute atomic E-state index is 12.1. The largest absolute Gasteiger partial charge is 0.480 e. The van der Waals surface area contributed by atoms with Crippen molar-refractivity contribution in [1.82, 2.24) is 4.90 Å². The van der Waals surface area contributed by atoms with E-state index in [4.69, 9.17) is 5.11 Å². The van der Waals surface area contributed by atoms with E-state index in [1.165, 1.54) is 0 Å². The monoisotopic (exact) mass is 327 g/mol. The topological polar surface area (TPSA) is 74.7 Å². The van der Waals surface area contributed by atoms with Gasteiger partial charge < -0.3 is 5.11 Å². The Morgan fingerprint density at radius 1 is 0.696 bits per heavy atom. The molecule has 0 aliphatic carbocycles. The molecular formula is C18H33NO4. The van der Waals surface area contributed by atoms with Crippen LogP contribution in [0, 0.1) is 0 Å². The normalized spacial score (nSPS) is 10.5. The summed E-state index contributed by atoms with van der Waals surface area (Å²) in [6, 6.07) is 0. The minimum Gasteiger partial charge on any atom is -0.480 e. The molecule has 134 valence electrons. The van der Waals surface area contributed by atoms with Gasteiger partial charge in [-0.2, -0.15) is 0 Å². The fraction of sp³-hybridized carbons (Fsp3) is 0.833. The van der Waals surface area contributed by atoms with Gasteiger partial charge in [-0.25, -0.2) is 0 Å². The van der Waals surface area contributed by atoms with Gasteiger partial charge in [0.2, 0.25) is 11.8 Å². The van der Waals surface area contributed by atoms with Crippen LogP contribution >= 0.6 is 0 Å². The molecule has 2 amide bonds. The summed E-state index contributed by atoms with van der Waals surface area (Å²) in [5.41, 5.74) is 0. The summed E-state index contributed by atoms with van der Waals surface area (Å²) in [4.78, 5) is 36.1. The van der Waals surface area contributed by atoms with Crippen molar-refractivity contribution in [3.63, 3.8) is 0 Å². The fourth-order valence-electron chi connectivity index (χ4n) is 2.48. The molecule has 0 aromatic heterocycles. The van der Waals surface area contributed by atoms with E-state index < -0.39 is 12.5 Å². The number of carbonyl (C=O) groups excluding carboxylic acids is 2. The number of amides is 2. The number of nitrogens with zero attached hydrogens (tertiary/aromatic N) is 1. The Hall–Kier alpha value is -1.39. The van der Waals surface area contributed by atoms with E-state index in [0.717, 1.165) is 69.1 Å². The second kappa shape index (κ2) is 14.2. The van der Waals surface area contributed by atoms with Crippen molar-refractivity contribution in [2.45, 2.75) is 90.9 Å². The predicted octanol–water partition coefficient (Wildman–Crippen LogP) is 4.15. The highest BCUT2D eigenvalue weighted by Gasteiger charge is 2.22. The summed E-state index contributed by atoms with van der Waals surface area (Å²) < 4.78 is 0. The molecule has 0 heterocycles. The van der Waals surface area contributed by atoms with Crippen LogP contribution in [0.3, 0.4) is 0 Å². The van der Waals surface area contributed by atoms with E-state index in [-0.39, 0.29) is 24.7 Å². The summed E-state index contributed by atoms with van der Waals surface area (Å²) in [6.07, 6.45) is 10.6. The lowest BCUT2D eigenvalue weighted by molar-refractivity contribution is -0.152. The van der Waals surface area contributed by atoms with Crippen LogP contribution < -0.4 is 0 Å². The molecule has 5 nitrogen and oxygen atoms in total. The fourth-order valence-corrected chi connectivity index (χ4v) is 2.48. The molecule has 0 unspecified atom stereocenters. The Bertz CT molecular complexity index is 329. The number of carbonyl (C=O) groups is 3. The molecule has 0 fully saturated rings. The van der Waals surface area contributed by atoms with Crippen LogP contribution in [0.25, 0.3) is 0 Å². The van der Waals surface area contributed by atoms with Crippen molar-refractivity contribution in [2.24, 2.45) is 0 Å². The number of carboxylic acids is 1. The van der Waals surface area contributed by atoms with Crippen molar-refractivity contribution >= 4 is 17.8 Å². The Kier molecular flexibility index (Phi) is 13.4. The zero-order valence-electron chi connectivity index (χ0n) is 14.8. The quantitative estimate of drug-likeness (QED) is 0.486. The maximum Gasteiger partial charge on any atom is 0.323 e. The molecule has 5 heteroatoms. The van der Waals surface area contributed by atoms with Gasteiger partial charge >= 0.3 is 5.97 Å². The highest BCUT2D eigenvalue weighted by atomic mass is 16.4. The lowest BCUT2D eigenvalue weighted by atomic mass is 10.1. The van der Waals surface area contributed by atoms with Gasteiger partial charge in [0.15, 0.2) is 0 Å². The van der Waals surface area contributed by atoms with Crippen LogP contribution in [0.5, 0.6) is 0 Å². The van der Waals surface area contributed by atoms with Gasteiger partial charge in [-0.05, 0) is 12.8 Å². The SMILES string of the molecule is CCCCCCCC(=O)N(CC(=O)O)C(=O)CCCCCCC. The van der Waals surface area contributed by atoms with E-state index in [2.05, 4.69) is 13.8 Å². The molecule has 0 saturated heterocycles. The molecule has 0 aliphatic rings. The Morgan fingerprint density at radius 2 is 1.09 bits per heavy atom. The third kappa shape index (κ3) is 11.8. The minimum atomic E-state index is -1.14. The second-order valence-electron chi connectivity index (χ2n) is 6.10. The molecule has 0 atom stereocenters. The van der Waals surface area contributed by atoms with Crippen LogP contribution in [0.15, 0.2) is 0 Å².